The molecule has 0 aliphatic carbocycles. The van der Waals surface area contributed by atoms with Crippen molar-refractivity contribution in [1.29, 1.82) is 0 Å². The predicted octanol–water partition coefficient (Wildman–Crippen LogP) is 15.7. The number of nitrogens with zero attached hydrogens (tertiary/aromatic N) is 2. The van der Waals surface area contributed by atoms with Crippen LogP contribution in [0.3, 0.4) is 0 Å². The van der Waals surface area contributed by atoms with Gasteiger partial charge in [-0.05, 0) is 128 Å². The van der Waals surface area contributed by atoms with Crippen LogP contribution in [0.1, 0.15) is 0 Å². The van der Waals surface area contributed by atoms with Crippen molar-refractivity contribution >= 4 is 124 Å². The number of hydrogen-bond acceptors (Lipinski definition) is 2. The number of rotatable bonds is 1. The first kappa shape index (κ1) is 31.8. The van der Waals surface area contributed by atoms with Gasteiger partial charge < -0.3 is 0 Å². The van der Waals surface area contributed by atoms with Crippen molar-refractivity contribution in [2.45, 2.75) is 0 Å². The summed E-state index contributed by atoms with van der Waals surface area (Å²) in [7, 11) is 0. The summed E-state index contributed by atoms with van der Waals surface area (Å²) in [4.78, 5) is 6.04. The highest BCUT2D eigenvalue weighted by atomic mass is 32.1. The predicted molar refractivity (Wildman–Crippen MR) is 251 cm³/mol. The third-order valence-electron chi connectivity index (χ3n) is 12.4. The van der Waals surface area contributed by atoms with Crippen molar-refractivity contribution in [1.82, 2.24) is 9.38 Å². The average Bonchev–Trinajstić information content (AvgIpc) is 3.84. The molecule has 11 aromatic carbocycles. The highest BCUT2D eigenvalue weighted by Gasteiger charge is 2.17. The van der Waals surface area contributed by atoms with Crippen LogP contribution in [-0.2, 0) is 0 Å². The molecule has 13 rings (SSSR count). The zero-order valence-corrected chi connectivity index (χ0v) is 32.1. The third-order valence-corrected chi connectivity index (χ3v) is 13.5. The van der Waals surface area contributed by atoms with E-state index in [1.165, 1.54) is 108 Å². The van der Waals surface area contributed by atoms with Crippen LogP contribution in [0.5, 0.6) is 0 Å². The van der Waals surface area contributed by atoms with Crippen LogP contribution in [0.25, 0.3) is 124 Å². The molecule has 2 aromatic heterocycles. The molecule has 0 amide bonds. The average molecular weight is 753 g/mol. The number of fused-ring (bicyclic) bond motifs is 21. The van der Waals surface area contributed by atoms with E-state index in [2.05, 4.69) is 199 Å². The number of hydrogen-bond donors (Lipinski definition) is 0. The summed E-state index contributed by atoms with van der Waals surface area (Å²) in [5, 5.41) is 20.0. The maximum Gasteiger partial charge on any atom is 0.195 e. The number of thiazole rings is 1. The van der Waals surface area contributed by atoms with Gasteiger partial charge in [-0.15, -0.1) is 0 Å². The molecule has 0 atom stereocenters. The Morgan fingerprint density at radius 1 is 0.310 bits per heavy atom. The van der Waals surface area contributed by atoms with Gasteiger partial charge in [0, 0.05) is 5.56 Å². The normalized spacial score (nSPS) is 12.1. The van der Waals surface area contributed by atoms with Gasteiger partial charge in [0.25, 0.3) is 0 Å². The summed E-state index contributed by atoms with van der Waals surface area (Å²) in [6, 6.07) is 72.0. The molecule has 13 aromatic rings. The van der Waals surface area contributed by atoms with E-state index < -0.39 is 0 Å². The molecule has 0 aliphatic rings. The zero-order chi connectivity index (χ0) is 37.9. The van der Waals surface area contributed by atoms with E-state index in [9.17, 15) is 0 Å². The minimum Gasteiger partial charge on any atom is -0.283 e. The Labute approximate surface area is 336 Å². The highest BCUT2D eigenvalue weighted by molar-refractivity contribution is 7.24. The SMILES string of the molecule is c1ccc2c(c1)nc1sc3c(-c4ccc5c6ccccc6c6cc7c8ccccc8c8ccccc8c8ccccc8c7cc6c6ccccc6c5c4)cccc3n12. The standard InChI is InChI=1S/C55H32N2S/c1-2-15-36-35(14-1)37-16-3-6-19-40(37)47-31-49-42-21-8-5-18-39(42)45-29-28-33(34-24-13-27-53-54(34)58-55-56-51-25-11-12-26-52(51)57(53)55)30-46(45)43-22-9-10-23-44(43)50(49)32-48(47)41-20-7-4-17-38(36)41/h1-32H. The number of para-hydroxylation sites is 2. The van der Waals surface area contributed by atoms with E-state index in [0.29, 0.717) is 0 Å². The van der Waals surface area contributed by atoms with Gasteiger partial charge in [-0.2, -0.15) is 0 Å². The molecule has 2 heterocycles. The van der Waals surface area contributed by atoms with Gasteiger partial charge in [0.15, 0.2) is 4.96 Å². The van der Waals surface area contributed by atoms with Gasteiger partial charge in [0.1, 0.15) is 0 Å². The molecule has 0 spiro atoms. The van der Waals surface area contributed by atoms with Crippen molar-refractivity contribution in [2.24, 2.45) is 0 Å². The molecule has 2 nitrogen and oxygen atoms in total. The fraction of sp³-hybridized carbons (Fsp3) is 0. The maximum atomic E-state index is 5.02. The lowest BCUT2D eigenvalue weighted by molar-refractivity contribution is 1.35. The minimum atomic E-state index is 1.02. The quantitative estimate of drug-likeness (QED) is 0.163. The fourth-order valence-corrected chi connectivity index (χ4v) is 11.0. The Morgan fingerprint density at radius 3 is 1.17 bits per heavy atom. The maximum absolute atomic E-state index is 5.02. The molecule has 0 aliphatic heterocycles. The molecule has 0 fully saturated rings. The first-order chi connectivity index (χ1) is 28.8. The minimum absolute atomic E-state index is 1.02. The summed E-state index contributed by atoms with van der Waals surface area (Å²) in [6.07, 6.45) is 0. The molecule has 0 bridgehead atoms. The van der Waals surface area contributed by atoms with Crippen molar-refractivity contribution in [3.8, 4) is 11.1 Å². The fourth-order valence-electron chi connectivity index (χ4n) is 9.86. The van der Waals surface area contributed by atoms with Crippen LogP contribution >= 0.6 is 11.3 Å². The van der Waals surface area contributed by atoms with Crippen LogP contribution in [-0.4, -0.2) is 9.38 Å². The molecule has 3 heteroatoms. The van der Waals surface area contributed by atoms with E-state index in [1.54, 1.807) is 11.3 Å². The number of imidazole rings is 1. The summed E-state index contributed by atoms with van der Waals surface area (Å²) in [5.41, 5.74) is 5.80. The van der Waals surface area contributed by atoms with Crippen molar-refractivity contribution in [3.05, 3.63) is 194 Å². The van der Waals surface area contributed by atoms with Gasteiger partial charge in [-0.3, -0.25) is 4.40 Å². The molecule has 58 heavy (non-hydrogen) atoms. The lowest BCUT2D eigenvalue weighted by Gasteiger charge is -2.14. The topological polar surface area (TPSA) is 17.3 Å². The Kier molecular flexibility index (Phi) is 6.63. The second-order valence-corrected chi connectivity index (χ2v) is 16.4. The Morgan fingerprint density at radius 2 is 0.690 bits per heavy atom. The first-order valence-corrected chi connectivity index (χ1v) is 20.7. The van der Waals surface area contributed by atoms with Crippen LogP contribution < -0.4 is 0 Å². The lowest BCUT2D eigenvalue weighted by Crippen LogP contribution is -1.87. The molecule has 0 saturated carbocycles. The summed E-state index contributed by atoms with van der Waals surface area (Å²) < 4.78 is 3.56. The third kappa shape index (κ3) is 4.45. The highest BCUT2D eigenvalue weighted by Crippen LogP contribution is 2.43. The van der Waals surface area contributed by atoms with Gasteiger partial charge in [0.05, 0.1) is 21.3 Å². The molecule has 0 saturated heterocycles. The molecule has 268 valence electrons. The van der Waals surface area contributed by atoms with Gasteiger partial charge in [-0.25, -0.2) is 4.98 Å². The first-order valence-electron chi connectivity index (χ1n) is 19.9. The van der Waals surface area contributed by atoms with Crippen molar-refractivity contribution < 1.29 is 0 Å². The van der Waals surface area contributed by atoms with Crippen molar-refractivity contribution in [2.75, 3.05) is 0 Å². The zero-order valence-electron chi connectivity index (χ0n) is 31.3. The monoisotopic (exact) mass is 752 g/mol. The van der Waals surface area contributed by atoms with Crippen LogP contribution in [0.15, 0.2) is 194 Å². The van der Waals surface area contributed by atoms with Crippen LogP contribution in [0, 0.1) is 0 Å². The Hall–Kier alpha value is -7.33. The molecule has 0 N–H and O–H groups in total. The Bertz CT molecular complexity index is 3980. The smallest absolute Gasteiger partial charge is 0.195 e. The molecule has 0 radical (unpaired) electrons. The van der Waals surface area contributed by atoms with E-state index >= 15 is 0 Å². The molecular weight excluding hydrogens is 721 g/mol. The second kappa shape index (κ2) is 12.1. The number of aromatic nitrogens is 2. The van der Waals surface area contributed by atoms with Crippen LogP contribution in [0.2, 0.25) is 0 Å². The van der Waals surface area contributed by atoms with Crippen molar-refractivity contribution in [3.63, 3.8) is 0 Å². The second-order valence-electron chi connectivity index (χ2n) is 15.4. The van der Waals surface area contributed by atoms with E-state index in [4.69, 9.17) is 4.98 Å². The molecular formula is C55H32N2S. The van der Waals surface area contributed by atoms with E-state index in [0.717, 1.165) is 16.0 Å². The summed E-state index contributed by atoms with van der Waals surface area (Å²) in [5.74, 6) is 0. The van der Waals surface area contributed by atoms with E-state index in [-0.39, 0.29) is 0 Å². The summed E-state index contributed by atoms with van der Waals surface area (Å²) >= 11 is 1.77. The van der Waals surface area contributed by atoms with Gasteiger partial charge in [-0.1, -0.05) is 169 Å². The van der Waals surface area contributed by atoms with Crippen LogP contribution in [0.4, 0.5) is 0 Å². The van der Waals surface area contributed by atoms with Gasteiger partial charge in [0.2, 0.25) is 0 Å². The van der Waals surface area contributed by atoms with Gasteiger partial charge >= 0.3 is 0 Å². The Balaban J connectivity index is 1.21. The number of benzene rings is 9. The molecule has 0 unspecified atom stereocenters. The largest absolute Gasteiger partial charge is 0.283 e. The van der Waals surface area contributed by atoms with E-state index in [1.807, 2.05) is 0 Å². The summed E-state index contributed by atoms with van der Waals surface area (Å²) in [6.45, 7) is 0. The lowest BCUT2D eigenvalue weighted by atomic mass is 9.89.